The van der Waals surface area contributed by atoms with E-state index in [9.17, 15) is 4.79 Å². The Morgan fingerprint density at radius 1 is 1.10 bits per heavy atom. The Labute approximate surface area is 170 Å². The fraction of sp³-hybridized carbons (Fsp3) is 0.318. The topological polar surface area (TPSA) is 81.1 Å². The minimum Gasteiger partial charge on any atom is -0.474 e. The summed E-state index contributed by atoms with van der Waals surface area (Å²) in [5, 5.41) is 9.97. The summed E-state index contributed by atoms with van der Waals surface area (Å²) >= 11 is 0. The molecule has 2 heterocycles. The number of rotatable bonds is 7. The molecule has 1 fully saturated rings. The van der Waals surface area contributed by atoms with Crippen LogP contribution in [0.15, 0.2) is 61.1 Å². The maximum Gasteiger partial charge on any atom is 0.319 e. The lowest BCUT2D eigenvalue weighted by Crippen LogP contribution is -2.28. The summed E-state index contributed by atoms with van der Waals surface area (Å²) in [5.74, 6) is 0.628. The van der Waals surface area contributed by atoms with Crippen LogP contribution < -0.4 is 15.4 Å². The highest BCUT2D eigenvalue weighted by Crippen LogP contribution is 2.23. The van der Waals surface area contributed by atoms with E-state index in [1.54, 1.807) is 12.4 Å². The van der Waals surface area contributed by atoms with Crippen molar-refractivity contribution in [1.29, 1.82) is 0 Å². The van der Waals surface area contributed by atoms with Crippen molar-refractivity contribution < 1.29 is 9.53 Å². The van der Waals surface area contributed by atoms with E-state index in [-0.39, 0.29) is 12.1 Å². The Kier molecular flexibility index (Phi) is 6.04. The third-order valence-electron chi connectivity index (χ3n) is 4.93. The summed E-state index contributed by atoms with van der Waals surface area (Å²) in [7, 11) is 0. The molecule has 150 valence electrons. The molecule has 0 spiro atoms. The third-order valence-corrected chi connectivity index (χ3v) is 4.93. The number of aromatic nitrogens is 3. The molecular formula is C22H25N5O2. The van der Waals surface area contributed by atoms with Gasteiger partial charge in [0.15, 0.2) is 0 Å². The Morgan fingerprint density at radius 3 is 2.83 bits per heavy atom. The lowest BCUT2D eigenvalue weighted by atomic mass is 10.2. The molecule has 0 radical (unpaired) electrons. The van der Waals surface area contributed by atoms with E-state index in [0.717, 1.165) is 29.7 Å². The van der Waals surface area contributed by atoms with Gasteiger partial charge in [-0.3, -0.25) is 4.68 Å². The number of hydrogen-bond acceptors (Lipinski definition) is 4. The highest BCUT2D eigenvalue weighted by Gasteiger charge is 2.17. The van der Waals surface area contributed by atoms with Crippen LogP contribution in [0, 0.1) is 0 Å². The molecular weight excluding hydrogens is 366 g/mol. The zero-order chi connectivity index (χ0) is 19.9. The van der Waals surface area contributed by atoms with Gasteiger partial charge >= 0.3 is 6.03 Å². The quantitative estimate of drug-likeness (QED) is 0.639. The molecule has 3 aromatic rings. The number of carbonyl (C=O) groups is 1. The first-order valence-corrected chi connectivity index (χ1v) is 9.97. The first-order valence-electron chi connectivity index (χ1n) is 9.97. The number of amides is 2. The number of hydrogen-bond donors (Lipinski definition) is 2. The Balaban J connectivity index is 1.29. The molecule has 2 N–H and O–H groups in total. The van der Waals surface area contributed by atoms with E-state index >= 15 is 0 Å². The summed E-state index contributed by atoms with van der Waals surface area (Å²) in [4.78, 5) is 16.6. The van der Waals surface area contributed by atoms with Crippen LogP contribution in [-0.2, 0) is 13.1 Å². The molecule has 2 amide bonds. The molecule has 0 unspecified atom stereocenters. The van der Waals surface area contributed by atoms with Crippen LogP contribution in [0.25, 0.3) is 0 Å². The zero-order valence-electron chi connectivity index (χ0n) is 16.3. The summed E-state index contributed by atoms with van der Waals surface area (Å²) in [6, 6.07) is 13.1. The normalized spacial score (nSPS) is 13.9. The van der Waals surface area contributed by atoms with Crippen LogP contribution in [0.3, 0.4) is 0 Å². The second-order valence-electron chi connectivity index (χ2n) is 7.24. The Morgan fingerprint density at radius 2 is 2.00 bits per heavy atom. The van der Waals surface area contributed by atoms with Gasteiger partial charge in [0.05, 0.1) is 6.54 Å². The molecule has 4 rings (SSSR count). The molecule has 1 aliphatic carbocycles. The SMILES string of the molecule is O=C(NCc1ccnc(OC2CCCC2)c1)Nc1cccc(Cn2cccn2)c1. The molecule has 7 heteroatoms. The maximum atomic E-state index is 12.3. The molecule has 1 aliphatic rings. The Bertz CT molecular complexity index is 936. The van der Waals surface area contributed by atoms with E-state index in [4.69, 9.17) is 4.74 Å². The average Bonchev–Trinajstić information content (AvgIpc) is 3.41. The molecule has 0 atom stereocenters. The van der Waals surface area contributed by atoms with Crippen LogP contribution in [0.1, 0.15) is 36.8 Å². The smallest absolute Gasteiger partial charge is 0.319 e. The van der Waals surface area contributed by atoms with E-state index in [1.165, 1.54) is 12.8 Å². The van der Waals surface area contributed by atoms with Crippen molar-refractivity contribution in [3.8, 4) is 5.88 Å². The number of benzene rings is 1. The highest BCUT2D eigenvalue weighted by atomic mass is 16.5. The molecule has 0 aliphatic heterocycles. The van der Waals surface area contributed by atoms with Crippen molar-refractivity contribution in [3.63, 3.8) is 0 Å². The molecule has 1 aromatic carbocycles. The number of pyridine rings is 1. The zero-order valence-corrected chi connectivity index (χ0v) is 16.3. The van der Waals surface area contributed by atoms with Crippen LogP contribution in [0.2, 0.25) is 0 Å². The number of anilines is 1. The van der Waals surface area contributed by atoms with Crippen molar-refractivity contribution in [2.75, 3.05) is 5.32 Å². The monoisotopic (exact) mass is 391 g/mol. The molecule has 0 saturated heterocycles. The van der Waals surface area contributed by atoms with E-state index in [2.05, 4.69) is 20.7 Å². The molecule has 2 aromatic heterocycles. The van der Waals surface area contributed by atoms with Crippen molar-refractivity contribution in [3.05, 3.63) is 72.2 Å². The summed E-state index contributed by atoms with van der Waals surface area (Å²) in [6.45, 7) is 1.06. The molecule has 0 bridgehead atoms. The van der Waals surface area contributed by atoms with Crippen LogP contribution in [0.5, 0.6) is 5.88 Å². The predicted octanol–water partition coefficient (Wildman–Crippen LogP) is 3.97. The summed E-state index contributed by atoms with van der Waals surface area (Å²) in [5.41, 5.74) is 2.76. The second-order valence-corrected chi connectivity index (χ2v) is 7.24. The van der Waals surface area contributed by atoms with Gasteiger partial charge < -0.3 is 15.4 Å². The van der Waals surface area contributed by atoms with Gasteiger partial charge in [0.2, 0.25) is 5.88 Å². The van der Waals surface area contributed by atoms with Crippen molar-refractivity contribution >= 4 is 11.7 Å². The second kappa shape index (κ2) is 9.23. The Hall–Kier alpha value is -3.35. The number of nitrogens with one attached hydrogen (secondary N) is 2. The van der Waals surface area contributed by atoms with E-state index in [0.29, 0.717) is 19.0 Å². The van der Waals surface area contributed by atoms with Crippen molar-refractivity contribution in [2.24, 2.45) is 0 Å². The average molecular weight is 391 g/mol. The lowest BCUT2D eigenvalue weighted by molar-refractivity contribution is 0.201. The first-order chi connectivity index (χ1) is 14.2. The summed E-state index contributed by atoms with van der Waals surface area (Å²) in [6.07, 6.45) is 10.3. The van der Waals surface area contributed by atoms with Gasteiger partial charge in [-0.2, -0.15) is 5.10 Å². The predicted molar refractivity (Wildman–Crippen MR) is 111 cm³/mol. The fourth-order valence-electron chi connectivity index (χ4n) is 3.49. The van der Waals surface area contributed by atoms with Crippen LogP contribution in [0.4, 0.5) is 10.5 Å². The highest BCUT2D eigenvalue weighted by molar-refractivity contribution is 5.89. The van der Waals surface area contributed by atoms with E-state index < -0.39 is 0 Å². The van der Waals surface area contributed by atoms with Gasteiger partial charge in [-0.05, 0) is 61.1 Å². The minimum absolute atomic E-state index is 0.253. The minimum atomic E-state index is -0.253. The van der Waals surface area contributed by atoms with Gasteiger partial charge in [0, 0.05) is 36.9 Å². The standard InChI is InChI=1S/C22H25N5O2/c28-22(26-19-6-3-5-18(13-19)16-27-12-4-10-25-27)24-15-17-9-11-23-21(14-17)29-20-7-1-2-8-20/h3-6,9-14,20H,1-2,7-8,15-16H2,(H2,24,26,28). The number of nitrogens with zero attached hydrogens (tertiary/aromatic N) is 3. The largest absolute Gasteiger partial charge is 0.474 e. The van der Waals surface area contributed by atoms with Crippen molar-refractivity contribution in [1.82, 2.24) is 20.1 Å². The van der Waals surface area contributed by atoms with Crippen LogP contribution >= 0.6 is 0 Å². The van der Waals surface area contributed by atoms with Gasteiger partial charge in [-0.1, -0.05) is 12.1 Å². The fourth-order valence-corrected chi connectivity index (χ4v) is 3.49. The van der Waals surface area contributed by atoms with Gasteiger partial charge in [0.25, 0.3) is 0 Å². The number of carbonyl (C=O) groups excluding carboxylic acids is 1. The lowest BCUT2D eigenvalue weighted by Gasteiger charge is -2.13. The van der Waals surface area contributed by atoms with Gasteiger partial charge in [-0.15, -0.1) is 0 Å². The maximum absolute atomic E-state index is 12.3. The molecule has 29 heavy (non-hydrogen) atoms. The van der Waals surface area contributed by atoms with Gasteiger partial charge in [0.1, 0.15) is 6.10 Å². The number of urea groups is 1. The van der Waals surface area contributed by atoms with Gasteiger partial charge in [-0.25, -0.2) is 9.78 Å². The summed E-state index contributed by atoms with van der Waals surface area (Å²) < 4.78 is 7.77. The molecule has 7 nitrogen and oxygen atoms in total. The van der Waals surface area contributed by atoms with Crippen LogP contribution in [-0.4, -0.2) is 26.9 Å². The molecule has 1 saturated carbocycles. The first kappa shape index (κ1) is 19.0. The number of ether oxygens (including phenoxy) is 1. The van der Waals surface area contributed by atoms with E-state index in [1.807, 2.05) is 53.3 Å². The van der Waals surface area contributed by atoms with Crippen molar-refractivity contribution in [2.45, 2.75) is 44.9 Å². The third kappa shape index (κ3) is 5.57.